The summed E-state index contributed by atoms with van der Waals surface area (Å²) in [5, 5.41) is 1.61. The second-order valence-corrected chi connectivity index (χ2v) is 10.1. The number of nitrogens with zero attached hydrogens (tertiary/aromatic N) is 4. The van der Waals surface area contributed by atoms with E-state index in [2.05, 4.69) is 4.90 Å². The second-order valence-electron chi connectivity index (χ2n) is 10.1. The van der Waals surface area contributed by atoms with Gasteiger partial charge in [0.25, 0.3) is 23.6 Å². The minimum Gasteiger partial charge on any atom is -0.340 e. The minimum absolute atomic E-state index is 0.00246. The SMILES string of the molecule is O=C(CCCN1C(=O)c2ccccc2C1=O)N1CCN(CCN2C(=O)c3cccc4cccc(c34)C2=O)CC1. The average Bonchev–Trinajstić information content (AvgIpc) is 3.21. The summed E-state index contributed by atoms with van der Waals surface area (Å²) < 4.78 is 0. The molecule has 3 heterocycles. The first kappa shape index (κ1) is 24.9. The Kier molecular flexibility index (Phi) is 6.44. The Balaban J connectivity index is 0.975. The maximum atomic E-state index is 13.1. The molecule has 3 aliphatic heterocycles. The fourth-order valence-electron chi connectivity index (χ4n) is 5.73. The highest BCUT2D eigenvalue weighted by Crippen LogP contribution is 2.30. The molecule has 3 aliphatic rings. The summed E-state index contributed by atoms with van der Waals surface area (Å²) in [6, 6.07) is 17.8. The van der Waals surface area contributed by atoms with Crippen LogP contribution < -0.4 is 0 Å². The van der Waals surface area contributed by atoms with Crippen LogP contribution in [-0.2, 0) is 4.79 Å². The molecule has 198 valence electrons. The van der Waals surface area contributed by atoms with Gasteiger partial charge in [-0.1, -0.05) is 36.4 Å². The van der Waals surface area contributed by atoms with Crippen molar-refractivity contribution in [2.24, 2.45) is 0 Å². The number of benzene rings is 3. The molecule has 1 saturated heterocycles. The Morgan fingerprint density at radius 3 is 1.69 bits per heavy atom. The third-order valence-electron chi connectivity index (χ3n) is 7.87. The van der Waals surface area contributed by atoms with Gasteiger partial charge in [0.2, 0.25) is 5.91 Å². The van der Waals surface area contributed by atoms with Crippen molar-refractivity contribution in [3.63, 3.8) is 0 Å². The molecule has 0 N–H and O–H groups in total. The minimum atomic E-state index is -0.303. The van der Waals surface area contributed by atoms with Gasteiger partial charge in [0, 0.05) is 68.7 Å². The average molecular weight is 525 g/mol. The van der Waals surface area contributed by atoms with Crippen molar-refractivity contribution >= 4 is 40.3 Å². The van der Waals surface area contributed by atoms with Gasteiger partial charge in [-0.15, -0.1) is 0 Å². The number of imide groups is 2. The summed E-state index contributed by atoms with van der Waals surface area (Å²) in [5.74, 6) is -1.14. The number of hydrogen-bond acceptors (Lipinski definition) is 6. The van der Waals surface area contributed by atoms with E-state index < -0.39 is 0 Å². The van der Waals surface area contributed by atoms with Gasteiger partial charge in [0.05, 0.1) is 11.1 Å². The maximum absolute atomic E-state index is 13.1. The normalized spacial score (nSPS) is 17.4. The van der Waals surface area contributed by atoms with Crippen molar-refractivity contribution in [2.75, 3.05) is 45.8 Å². The van der Waals surface area contributed by atoms with Crippen LogP contribution in [0.2, 0.25) is 0 Å². The van der Waals surface area contributed by atoms with E-state index in [1.807, 2.05) is 24.3 Å². The van der Waals surface area contributed by atoms with Crippen LogP contribution in [0.5, 0.6) is 0 Å². The molecule has 0 saturated carbocycles. The largest absolute Gasteiger partial charge is 0.340 e. The predicted octanol–water partition coefficient (Wildman–Crippen LogP) is 2.66. The lowest BCUT2D eigenvalue weighted by atomic mass is 9.94. The van der Waals surface area contributed by atoms with E-state index in [1.54, 1.807) is 41.3 Å². The van der Waals surface area contributed by atoms with Gasteiger partial charge < -0.3 is 4.90 Å². The summed E-state index contributed by atoms with van der Waals surface area (Å²) in [7, 11) is 0. The lowest BCUT2D eigenvalue weighted by molar-refractivity contribution is -0.133. The molecule has 9 nitrogen and oxygen atoms in total. The molecule has 0 bridgehead atoms. The number of fused-ring (bicyclic) bond motifs is 1. The zero-order valence-electron chi connectivity index (χ0n) is 21.5. The number of carbonyl (C=O) groups is 5. The topological polar surface area (TPSA) is 98.3 Å². The zero-order chi connectivity index (χ0) is 27.1. The molecule has 39 heavy (non-hydrogen) atoms. The molecular weight excluding hydrogens is 496 g/mol. The van der Waals surface area contributed by atoms with Gasteiger partial charge >= 0.3 is 0 Å². The smallest absolute Gasteiger partial charge is 0.261 e. The third-order valence-corrected chi connectivity index (χ3v) is 7.87. The number of amides is 5. The molecule has 5 amide bonds. The molecule has 3 aromatic rings. The van der Waals surface area contributed by atoms with Crippen molar-refractivity contribution in [3.8, 4) is 0 Å². The fourth-order valence-corrected chi connectivity index (χ4v) is 5.73. The van der Waals surface area contributed by atoms with Gasteiger partial charge in [-0.3, -0.25) is 38.7 Å². The number of rotatable bonds is 7. The second kappa shape index (κ2) is 10.1. The van der Waals surface area contributed by atoms with Gasteiger partial charge in [0.15, 0.2) is 0 Å². The Morgan fingerprint density at radius 1 is 0.590 bits per heavy atom. The highest BCUT2D eigenvalue weighted by Gasteiger charge is 2.35. The Morgan fingerprint density at radius 2 is 1.10 bits per heavy atom. The first-order valence-corrected chi connectivity index (χ1v) is 13.3. The number of hydrogen-bond donors (Lipinski definition) is 0. The molecule has 0 radical (unpaired) electrons. The highest BCUT2D eigenvalue weighted by atomic mass is 16.2. The molecule has 3 aromatic carbocycles. The van der Waals surface area contributed by atoms with Crippen molar-refractivity contribution in [1.82, 2.24) is 19.6 Å². The van der Waals surface area contributed by atoms with Crippen LogP contribution in [0.25, 0.3) is 10.8 Å². The maximum Gasteiger partial charge on any atom is 0.261 e. The quantitative estimate of drug-likeness (QED) is 0.441. The molecule has 0 unspecified atom stereocenters. The van der Waals surface area contributed by atoms with Crippen LogP contribution in [0.3, 0.4) is 0 Å². The van der Waals surface area contributed by atoms with E-state index in [0.717, 1.165) is 10.8 Å². The van der Waals surface area contributed by atoms with Crippen LogP contribution in [0.4, 0.5) is 0 Å². The summed E-state index contributed by atoms with van der Waals surface area (Å²) >= 11 is 0. The van der Waals surface area contributed by atoms with E-state index in [0.29, 0.717) is 61.4 Å². The molecule has 0 aliphatic carbocycles. The third kappa shape index (κ3) is 4.38. The summed E-state index contributed by atoms with van der Waals surface area (Å²) in [6.45, 7) is 3.44. The van der Waals surface area contributed by atoms with Crippen molar-refractivity contribution in [1.29, 1.82) is 0 Å². The predicted molar refractivity (Wildman–Crippen MR) is 143 cm³/mol. The monoisotopic (exact) mass is 524 g/mol. The zero-order valence-corrected chi connectivity index (χ0v) is 21.5. The molecule has 0 aromatic heterocycles. The molecule has 0 spiro atoms. The lowest BCUT2D eigenvalue weighted by Crippen LogP contribution is -2.51. The summed E-state index contributed by atoms with van der Waals surface area (Å²) in [4.78, 5) is 70.5. The van der Waals surface area contributed by atoms with Gasteiger partial charge in [0.1, 0.15) is 0 Å². The van der Waals surface area contributed by atoms with Crippen molar-refractivity contribution < 1.29 is 24.0 Å². The number of piperazine rings is 1. The van der Waals surface area contributed by atoms with E-state index in [-0.39, 0.29) is 49.0 Å². The van der Waals surface area contributed by atoms with Crippen LogP contribution in [0.1, 0.15) is 54.3 Å². The first-order valence-electron chi connectivity index (χ1n) is 13.3. The van der Waals surface area contributed by atoms with Crippen LogP contribution in [-0.4, -0.2) is 94.9 Å². The summed E-state index contributed by atoms with van der Waals surface area (Å²) in [5.41, 5.74) is 1.94. The molecule has 1 fully saturated rings. The lowest BCUT2D eigenvalue weighted by Gasteiger charge is -2.36. The highest BCUT2D eigenvalue weighted by molar-refractivity contribution is 6.25. The van der Waals surface area contributed by atoms with Gasteiger partial charge in [-0.25, -0.2) is 0 Å². The van der Waals surface area contributed by atoms with E-state index in [4.69, 9.17) is 0 Å². The first-order chi connectivity index (χ1) is 18.9. The van der Waals surface area contributed by atoms with Crippen molar-refractivity contribution in [3.05, 3.63) is 82.9 Å². The van der Waals surface area contributed by atoms with Crippen LogP contribution in [0.15, 0.2) is 60.7 Å². The van der Waals surface area contributed by atoms with Gasteiger partial charge in [-0.2, -0.15) is 0 Å². The van der Waals surface area contributed by atoms with Gasteiger partial charge in [-0.05, 0) is 36.1 Å². The molecular formula is C30H28N4O5. The van der Waals surface area contributed by atoms with Crippen LogP contribution in [0, 0.1) is 0 Å². The number of carbonyl (C=O) groups excluding carboxylic acids is 5. The summed E-state index contributed by atoms with van der Waals surface area (Å²) in [6.07, 6.45) is 0.674. The molecule has 6 rings (SSSR count). The standard InChI is InChI=1S/C30H28N4O5/c35-25(12-5-13-33-27(36)21-8-1-2-9-22(21)28(33)37)32-17-14-31(15-18-32)16-19-34-29(38)23-10-3-6-20-7-4-11-24(26(20)23)30(34)39/h1-4,6-11H,5,12-19H2. The van der Waals surface area contributed by atoms with E-state index in [1.165, 1.54) is 9.80 Å². The van der Waals surface area contributed by atoms with Crippen molar-refractivity contribution in [2.45, 2.75) is 12.8 Å². The Bertz CT molecular complexity index is 1440. The Hall–Kier alpha value is -4.37. The van der Waals surface area contributed by atoms with E-state index >= 15 is 0 Å². The van der Waals surface area contributed by atoms with E-state index in [9.17, 15) is 24.0 Å². The van der Waals surface area contributed by atoms with Crippen LogP contribution >= 0.6 is 0 Å². The molecule has 0 atom stereocenters. The Labute approximate surface area is 225 Å². The molecule has 9 heteroatoms. The fraction of sp³-hybridized carbons (Fsp3) is 0.300.